The van der Waals surface area contributed by atoms with Crippen molar-refractivity contribution in [3.8, 4) is 0 Å². The highest BCUT2D eigenvalue weighted by Crippen LogP contribution is 2.16. The second kappa shape index (κ2) is 7.15. The van der Waals surface area contributed by atoms with E-state index in [4.69, 9.17) is 0 Å². The molecule has 0 bridgehead atoms. The van der Waals surface area contributed by atoms with Crippen LogP contribution in [0.5, 0.6) is 0 Å². The van der Waals surface area contributed by atoms with E-state index in [-0.39, 0.29) is 17.5 Å². The molecule has 0 aliphatic carbocycles. The van der Waals surface area contributed by atoms with Crippen molar-refractivity contribution in [2.75, 3.05) is 7.05 Å². The fraction of sp³-hybridized carbons (Fsp3) is 0.571. The van der Waals surface area contributed by atoms with Gasteiger partial charge in [-0.15, -0.1) is 0 Å². The average molecular weight is 302 g/mol. The predicted molar refractivity (Wildman–Crippen MR) is 78.4 cm³/mol. The fourth-order valence-corrected chi connectivity index (χ4v) is 3.44. The van der Waals surface area contributed by atoms with Gasteiger partial charge in [0.05, 0.1) is 4.90 Å². The van der Waals surface area contributed by atoms with E-state index in [1.165, 1.54) is 18.2 Å². The third-order valence-electron chi connectivity index (χ3n) is 2.88. The summed E-state index contributed by atoms with van der Waals surface area (Å²) in [7, 11) is -1.92. The minimum Gasteiger partial charge on any atom is -0.316 e. The van der Waals surface area contributed by atoms with Crippen LogP contribution < -0.4 is 10.0 Å². The Morgan fingerprint density at radius 2 is 1.90 bits per heavy atom. The van der Waals surface area contributed by atoms with Crippen LogP contribution in [0.2, 0.25) is 0 Å². The van der Waals surface area contributed by atoms with E-state index in [0.29, 0.717) is 11.5 Å². The van der Waals surface area contributed by atoms with Crippen molar-refractivity contribution in [1.82, 2.24) is 10.0 Å². The lowest BCUT2D eigenvalue weighted by Crippen LogP contribution is -2.33. The zero-order valence-electron chi connectivity index (χ0n) is 12.4. The van der Waals surface area contributed by atoms with Gasteiger partial charge in [0.15, 0.2) is 0 Å². The molecule has 0 aromatic heterocycles. The Hall–Kier alpha value is -0.980. The van der Waals surface area contributed by atoms with Crippen LogP contribution in [0.4, 0.5) is 4.39 Å². The minimum absolute atomic E-state index is 0.0970. The molecule has 0 saturated heterocycles. The zero-order chi connectivity index (χ0) is 15.3. The summed E-state index contributed by atoms with van der Waals surface area (Å²) in [4.78, 5) is 0.0970. The number of hydrogen-bond acceptors (Lipinski definition) is 3. The van der Waals surface area contributed by atoms with Crippen LogP contribution in [-0.4, -0.2) is 21.5 Å². The van der Waals surface area contributed by atoms with Crippen LogP contribution in [0.3, 0.4) is 0 Å². The van der Waals surface area contributed by atoms with E-state index < -0.39 is 15.8 Å². The normalized spacial score (nSPS) is 13.7. The van der Waals surface area contributed by atoms with Gasteiger partial charge in [-0.05, 0) is 44.5 Å². The summed E-state index contributed by atoms with van der Waals surface area (Å²) < 4.78 is 40.6. The first kappa shape index (κ1) is 17.1. The Balaban J connectivity index is 2.95. The molecule has 0 aliphatic heterocycles. The molecule has 1 unspecified atom stereocenters. The smallest absolute Gasteiger partial charge is 0.240 e. The van der Waals surface area contributed by atoms with E-state index in [0.717, 1.165) is 6.42 Å². The van der Waals surface area contributed by atoms with Crippen LogP contribution >= 0.6 is 0 Å². The van der Waals surface area contributed by atoms with Crippen molar-refractivity contribution < 1.29 is 12.8 Å². The van der Waals surface area contributed by atoms with Crippen molar-refractivity contribution in [2.24, 2.45) is 5.92 Å². The van der Waals surface area contributed by atoms with E-state index in [1.54, 1.807) is 7.05 Å². The molecule has 1 aromatic rings. The van der Waals surface area contributed by atoms with Gasteiger partial charge in [0, 0.05) is 18.2 Å². The first-order chi connectivity index (χ1) is 9.26. The number of rotatable bonds is 7. The van der Waals surface area contributed by atoms with Gasteiger partial charge in [-0.1, -0.05) is 13.8 Å². The maximum atomic E-state index is 13.5. The molecule has 0 saturated carbocycles. The summed E-state index contributed by atoms with van der Waals surface area (Å²) in [6, 6.07) is 3.70. The second-order valence-corrected chi connectivity index (χ2v) is 7.15. The average Bonchev–Trinajstić information content (AvgIpc) is 2.30. The van der Waals surface area contributed by atoms with Crippen molar-refractivity contribution in [2.45, 2.75) is 44.7 Å². The van der Waals surface area contributed by atoms with Crippen molar-refractivity contribution in [3.05, 3.63) is 29.6 Å². The van der Waals surface area contributed by atoms with E-state index in [9.17, 15) is 12.8 Å². The Labute approximate surface area is 120 Å². The monoisotopic (exact) mass is 302 g/mol. The Kier molecular flexibility index (Phi) is 6.10. The molecular weight excluding hydrogens is 279 g/mol. The topological polar surface area (TPSA) is 58.2 Å². The Morgan fingerprint density at radius 1 is 1.25 bits per heavy atom. The molecule has 2 N–H and O–H groups in total. The third-order valence-corrected chi connectivity index (χ3v) is 4.46. The number of nitrogens with one attached hydrogen (secondary N) is 2. The van der Waals surface area contributed by atoms with Gasteiger partial charge in [0.25, 0.3) is 0 Å². The number of halogens is 1. The van der Waals surface area contributed by atoms with Crippen LogP contribution in [0, 0.1) is 11.7 Å². The minimum atomic E-state index is -3.61. The van der Waals surface area contributed by atoms with Crippen molar-refractivity contribution in [1.29, 1.82) is 0 Å². The Bertz CT molecular complexity index is 544. The Morgan fingerprint density at radius 3 is 2.45 bits per heavy atom. The van der Waals surface area contributed by atoms with Gasteiger partial charge in [0.1, 0.15) is 5.82 Å². The van der Waals surface area contributed by atoms with Gasteiger partial charge in [-0.2, -0.15) is 0 Å². The highest BCUT2D eigenvalue weighted by molar-refractivity contribution is 7.89. The highest BCUT2D eigenvalue weighted by atomic mass is 32.2. The standard InChI is InChI=1S/C14H23FN2O2S/c1-10(2)7-11(3)17-20(18,19)13-5-6-14(15)12(8-13)9-16-4/h5-6,8,10-11,16-17H,7,9H2,1-4H3. The van der Waals surface area contributed by atoms with Gasteiger partial charge in [0.2, 0.25) is 10.0 Å². The lowest BCUT2D eigenvalue weighted by atomic mass is 10.1. The van der Waals surface area contributed by atoms with E-state index >= 15 is 0 Å². The largest absolute Gasteiger partial charge is 0.316 e. The fourth-order valence-electron chi connectivity index (χ4n) is 2.13. The molecule has 1 atom stereocenters. The molecule has 1 rings (SSSR count). The molecule has 0 fully saturated rings. The van der Waals surface area contributed by atoms with Gasteiger partial charge in [-0.3, -0.25) is 0 Å². The third kappa shape index (κ3) is 4.85. The van der Waals surface area contributed by atoms with E-state index in [2.05, 4.69) is 10.0 Å². The first-order valence-electron chi connectivity index (χ1n) is 6.71. The summed E-state index contributed by atoms with van der Waals surface area (Å²) >= 11 is 0. The lowest BCUT2D eigenvalue weighted by Gasteiger charge is -2.16. The van der Waals surface area contributed by atoms with Crippen LogP contribution in [0.15, 0.2) is 23.1 Å². The molecule has 114 valence electrons. The van der Waals surface area contributed by atoms with Crippen molar-refractivity contribution in [3.63, 3.8) is 0 Å². The summed E-state index contributed by atoms with van der Waals surface area (Å²) in [6.45, 7) is 6.19. The molecule has 0 radical (unpaired) electrons. The van der Waals surface area contributed by atoms with E-state index in [1.807, 2.05) is 20.8 Å². The molecule has 20 heavy (non-hydrogen) atoms. The molecule has 0 aliphatic rings. The second-order valence-electron chi connectivity index (χ2n) is 5.44. The molecule has 4 nitrogen and oxygen atoms in total. The molecule has 0 heterocycles. The van der Waals surface area contributed by atoms with Crippen LogP contribution in [0.1, 0.15) is 32.8 Å². The number of benzene rings is 1. The SMILES string of the molecule is CNCc1cc(S(=O)(=O)NC(C)CC(C)C)ccc1F. The summed E-state index contributed by atoms with van der Waals surface area (Å²) in [5, 5.41) is 2.82. The maximum Gasteiger partial charge on any atom is 0.240 e. The zero-order valence-corrected chi connectivity index (χ0v) is 13.2. The summed E-state index contributed by atoms with van der Waals surface area (Å²) in [6.07, 6.45) is 0.754. The molecule has 0 amide bonds. The van der Waals surface area contributed by atoms with Gasteiger partial charge in [-0.25, -0.2) is 17.5 Å². The molecule has 1 aromatic carbocycles. The predicted octanol–water partition coefficient (Wildman–Crippen LogP) is 2.26. The van der Waals surface area contributed by atoms with Crippen LogP contribution in [0.25, 0.3) is 0 Å². The molecule has 6 heteroatoms. The lowest BCUT2D eigenvalue weighted by molar-refractivity contribution is 0.482. The maximum absolute atomic E-state index is 13.5. The quantitative estimate of drug-likeness (QED) is 0.812. The number of sulfonamides is 1. The molecule has 0 spiro atoms. The summed E-state index contributed by atoms with van der Waals surface area (Å²) in [5.74, 6) is -0.00528. The number of hydrogen-bond donors (Lipinski definition) is 2. The molecular formula is C14H23FN2O2S. The van der Waals surface area contributed by atoms with Crippen molar-refractivity contribution >= 4 is 10.0 Å². The first-order valence-corrected chi connectivity index (χ1v) is 8.20. The van der Waals surface area contributed by atoms with Crippen LogP contribution in [-0.2, 0) is 16.6 Å². The van der Waals surface area contributed by atoms with Gasteiger partial charge >= 0.3 is 0 Å². The summed E-state index contributed by atoms with van der Waals surface area (Å²) in [5.41, 5.74) is 0.340. The highest BCUT2D eigenvalue weighted by Gasteiger charge is 2.19. The van der Waals surface area contributed by atoms with Gasteiger partial charge < -0.3 is 5.32 Å².